The minimum absolute atomic E-state index is 0.0992. The summed E-state index contributed by atoms with van der Waals surface area (Å²) in [4.78, 5) is 20.5. The number of hydrogen-bond donors (Lipinski definition) is 3. The number of carbonyl (C=O) groups excluding carboxylic acids is 1. The minimum atomic E-state index is 0.0992. The Bertz CT molecular complexity index is 523. The van der Waals surface area contributed by atoms with Crippen LogP contribution in [0, 0.1) is 6.92 Å². The molecule has 6 heteroatoms. The van der Waals surface area contributed by atoms with E-state index in [1.165, 1.54) is 0 Å². The Morgan fingerprint density at radius 2 is 2.05 bits per heavy atom. The fourth-order valence-electron chi connectivity index (χ4n) is 2.07. The van der Waals surface area contributed by atoms with Crippen LogP contribution in [0.25, 0.3) is 0 Å². The lowest BCUT2D eigenvalue weighted by Crippen LogP contribution is -2.27. The second kappa shape index (κ2) is 5.26. The fraction of sp³-hybridized carbons (Fsp3) is 0.643. The molecular weight excluding hydrogens is 254 g/mol. The van der Waals surface area contributed by atoms with Crippen LogP contribution >= 0.6 is 0 Å². The number of rotatable bonds is 6. The van der Waals surface area contributed by atoms with Crippen LogP contribution in [-0.4, -0.2) is 28.5 Å². The van der Waals surface area contributed by atoms with Gasteiger partial charge in [0.2, 0.25) is 5.91 Å². The molecule has 0 saturated heterocycles. The number of nitrogens with one attached hydrogen (secondary N) is 2. The third-order valence-electron chi connectivity index (χ3n) is 3.73. The van der Waals surface area contributed by atoms with E-state index in [1.807, 2.05) is 6.92 Å². The van der Waals surface area contributed by atoms with Crippen LogP contribution in [0.1, 0.15) is 49.4 Å². The summed E-state index contributed by atoms with van der Waals surface area (Å²) in [6.07, 6.45) is 4.98. The van der Waals surface area contributed by atoms with E-state index in [0.717, 1.165) is 42.9 Å². The summed E-state index contributed by atoms with van der Waals surface area (Å²) in [7, 11) is 0. The molecule has 0 radical (unpaired) electrons. The Labute approximate surface area is 118 Å². The zero-order valence-corrected chi connectivity index (χ0v) is 11.8. The molecule has 0 bridgehead atoms. The minimum Gasteiger partial charge on any atom is -0.383 e. The average molecular weight is 275 g/mol. The number of hydrogen-bond acceptors (Lipinski definition) is 5. The summed E-state index contributed by atoms with van der Waals surface area (Å²) < 4.78 is 0. The van der Waals surface area contributed by atoms with Gasteiger partial charge in [0.15, 0.2) is 0 Å². The number of anilines is 2. The fourth-order valence-corrected chi connectivity index (χ4v) is 2.07. The average Bonchev–Trinajstić information content (AvgIpc) is 3.25. The molecule has 3 rings (SSSR count). The van der Waals surface area contributed by atoms with Gasteiger partial charge in [-0.1, -0.05) is 0 Å². The molecule has 6 nitrogen and oxygen atoms in total. The lowest BCUT2D eigenvalue weighted by atomic mass is 10.2. The summed E-state index contributed by atoms with van der Waals surface area (Å²) in [6, 6.07) is 0.417. The largest absolute Gasteiger partial charge is 0.383 e. The van der Waals surface area contributed by atoms with Crippen molar-refractivity contribution in [2.75, 3.05) is 17.6 Å². The van der Waals surface area contributed by atoms with Crippen LogP contribution in [0.2, 0.25) is 0 Å². The van der Waals surface area contributed by atoms with E-state index in [1.54, 1.807) is 0 Å². The molecule has 20 heavy (non-hydrogen) atoms. The molecule has 0 aliphatic heterocycles. The maximum Gasteiger partial charge on any atom is 0.221 e. The molecule has 0 spiro atoms. The Morgan fingerprint density at radius 1 is 1.30 bits per heavy atom. The second-order valence-corrected chi connectivity index (χ2v) is 5.73. The summed E-state index contributed by atoms with van der Waals surface area (Å²) in [6.45, 7) is 2.47. The maximum absolute atomic E-state index is 11.6. The van der Waals surface area contributed by atoms with Gasteiger partial charge in [0.25, 0.3) is 0 Å². The van der Waals surface area contributed by atoms with Gasteiger partial charge in [-0.25, -0.2) is 9.97 Å². The lowest BCUT2D eigenvalue weighted by Gasteiger charge is -2.11. The monoisotopic (exact) mass is 275 g/mol. The molecule has 0 unspecified atom stereocenters. The lowest BCUT2D eigenvalue weighted by molar-refractivity contribution is -0.120. The highest BCUT2D eigenvalue weighted by Crippen LogP contribution is 2.39. The van der Waals surface area contributed by atoms with Gasteiger partial charge in [-0.15, -0.1) is 0 Å². The molecule has 2 saturated carbocycles. The summed E-state index contributed by atoms with van der Waals surface area (Å²) in [5, 5.41) is 6.18. The van der Waals surface area contributed by atoms with E-state index in [-0.39, 0.29) is 5.91 Å². The topological polar surface area (TPSA) is 92.9 Å². The van der Waals surface area contributed by atoms with Gasteiger partial charge in [0, 0.05) is 30.5 Å². The Kier molecular flexibility index (Phi) is 3.46. The summed E-state index contributed by atoms with van der Waals surface area (Å²) >= 11 is 0. The number of nitrogen functional groups attached to an aromatic ring is 1. The van der Waals surface area contributed by atoms with Gasteiger partial charge in [-0.3, -0.25) is 4.79 Å². The van der Waals surface area contributed by atoms with Gasteiger partial charge >= 0.3 is 0 Å². The maximum atomic E-state index is 11.6. The van der Waals surface area contributed by atoms with E-state index in [9.17, 15) is 4.79 Å². The van der Waals surface area contributed by atoms with Crippen molar-refractivity contribution in [1.29, 1.82) is 0 Å². The predicted octanol–water partition coefficient (Wildman–Crippen LogP) is 1.33. The summed E-state index contributed by atoms with van der Waals surface area (Å²) in [5.74, 6) is 2.70. The van der Waals surface area contributed by atoms with Crippen LogP contribution in [0.15, 0.2) is 0 Å². The molecule has 2 fully saturated rings. The molecule has 1 aromatic rings. The van der Waals surface area contributed by atoms with E-state index in [2.05, 4.69) is 20.6 Å². The molecular formula is C14H21N5O. The van der Waals surface area contributed by atoms with Crippen LogP contribution in [0.5, 0.6) is 0 Å². The van der Waals surface area contributed by atoms with Crippen molar-refractivity contribution in [3.8, 4) is 0 Å². The first kappa shape index (κ1) is 13.1. The van der Waals surface area contributed by atoms with Gasteiger partial charge in [0.05, 0.1) is 0 Å². The number of nitrogens with zero attached hydrogens (tertiary/aromatic N) is 2. The van der Waals surface area contributed by atoms with Gasteiger partial charge < -0.3 is 16.4 Å². The third kappa shape index (κ3) is 3.18. The van der Waals surface area contributed by atoms with Crippen molar-refractivity contribution < 1.29 is 4.79 Å². The highest BCUT2D eigenvalue weighted by molar-refractivity contribution is 5.77. The van der Waals surface area contributed by atoms with Crippen molar-refractivity contribution in [3.05, 3.63) is 11.4 Å². The van der Waals surface area contributed by atoms with Crippen LogP contribution in [0.3, 0.4) is 0 Å². The van der Waals surface area contributed by atoms with Gasteiger partial charge in [-0.05, 0) is 32.6 Å². The van der Waals surface area contributed by atoms with Crippen LogP contribution < -0.4 is 16.4 Å². The summed E-state index contributed by atoms with van der Waals surface area (Å²) in [5.41, 5.74) is 6.78. The Hall–Kier alpha value is -1.85. The zero-order chi connectivity index (χ0) is 14.1. The Balaban J connectivity index is 1.56. The molecule has 4 N–H and O–H groups in total. The van der Waals surface area contributed by atoms with E-state index < -0.39 is 0 Å². The third-order valence-corrected chi connectivity index (χ3v) is 3.73. The molecule has 1 aromatic heterocycles. The number of carbonyl (C=O) groups is 1. The smallest absolute Gasteiger partial charge is 0.221 e. The van der Waals surface area contributed by atoms with E-state index in [0.29, 0.717) is 30.7 Å². The molecule has 2 aliphatic rings. The van der Waals surface area contributed by atoms with Crippen molar-refractivity contribution in [3.63, 3.8) is 0 Å². The molecule has 0 atom stereocenters. The van der Waals surface area contributed by atoms with Crippen molar-refractivity contribution in [2.24, 2.45) is 0 Å². The Morgan fingerprint density at radius 3 is 2.70 bits per heavy atom. The number of amides is 1. The number of nitrogens with two attached hydrogens (primary N) is 1. The van der Waals surface area contributed by atoms with Crippen molar-refractivity contribution in [1.82, 2.24) is 15.3 Å². The van der Waals surface area contributed by atoms with Crippen LogP contribution in [-0.2, 0) is 4.79 Å². The van der Waals surface area contributed by atoms with E-state index in [4.69, 9.17) is 5.73 Å². The second-order valence-electron chi connectivity index (χ2n) is 5.73. The van der Waals surface area contributed by atoms with Gasteiger partial charge in [0.1, 0.15) is 17.5 Å². The molecule has 108 valence electrons. The van der Waals surface area contributed by atoms with Crippen molar-refractivity contribution >= 4 is 17.5 Å². The zero-order valence-electron chi connectivity index (χ0n) is 11.8. The SMILES string of the molecule is Cc1c(N)nc(C2CC2)nc1NCCC(=O)NC1CC1. The quantitative estimate of drug-likeness (QED) is 0.728. The molecule has 0 aromatic carbocycles. The highest BCUT2D eigenvalue weighted by atomic mass is 16.1. The first-order chi connectivity index (χ1) is 9.63. The normalized spacial score (nSPS) is 17.9. The molecule has 1 heterocycles. The standard InChI is InChI=1S/C14H21N5O/c1-8-12(15)18-14(9-2-3-9)19-13(8)16-7-6-11(20)17-10-4-5-10/h9-10H,2-7H2,1H3,(H,17,20)(H3,15,16,18,19). The first-order valence-corrected chi connectivity index (χ1v) is 7.30. The number of aromatic nitrogens is 2. The first-order valence-electron chi connectivity index (χ1n) is 7.30. The van der Waals surface area contributed by atoms with E-state index >= 15 is 0 Å². The molecule has 1 amide bonds. The van der Waals surface area contributed by atoms with Crippen LogP contribution in [0.4, 0.5) is 11.6 Å². The van der Waals surface area contributed by atoms with Gasteiger partial charge in [-0.2, -0.15) is 0 Å². The highest BCUT2D eigenvalue weighted by Gasteiger charge is 2.28. The predicted molar refractivity (Wildman–Crippen MR) is 77.4 cm³/mol. The van der Waals surface area contributed by atoms with Crippen molar-refractivity contribution in [2.45, 2.75) is 51.0 Å². The molecule has 2 aliphatic carbocycles.